The van der Waals surface area contributed by atoms with E-state index >= 15 is 0 Å². The third-order valence-electron chi connectivity index (χ3n) is 6.03. The van der Waals surface area contributed by atoms with E-state index in [0.717, 1.165) is 36.1 Å². The molecule has 1 fully saturated rings. The van der Waals surface area contributed by atoms with Gasteiger partial charge in [-0.05, 0) is 58.0 Å². The molecule has 0 spiro atoms. The zero-order valence-corrected chi connectivity index (χ0v) is 19.3. The molecular weight excluding hydrogens is 440 g/mol. The number of carbonyl (C=O) groups excluding carboxylic acids is 1. The molecule has 0 atom stereocenters. The minimum absolute atomic E-state index is 0.0834. The van der Waals surface area contributed by atoms with Crippen molar-refractivity contribution >= 4 is 38.5 Å². The number of aryl methyl sites for hydroxylation is 1. The highest BCUT2D eigenvalue weighted by atomic mass is 32.1. The summed E-state index contributed by atoms with van der Waals surface area (Å²) in [5.41, 5.74) is 1.77. The quantitative estimate of drug-likeness (QED) is 0.422. The van der Waals surface area contributed by atoms with Crippen LogP contribution in [0.1, 0.15) is 41.4 Å². The Morgan fingerprint density at radius 2 is 2.03 bits per heavy atom. The Kier molecular flexibility index (Phi) is 5.64. The first-order valence-electron chi connectivity index (χ1n) is 11.1. The molecule has 170 valence electrons. The third-order valence-corrected chi connectivity index (χ3v) is 7.08. The Labute approximate surface area is 194 Å². The van der Waals surface area contributed by atoms with Crippen LogP contribution < -0.4 is 5.43 Å². The number of likely N-dealkylation sites (tertiary alicyclic amines) is 1. The van der Waals surface area contributed by atoms with Crippen molar-refractivity contribution in [2.24, 2.45) is 0 Å². The number of benzene rings is 2. The van der Waals surface area contributed by atoms with Crippen molar-refractivity contribution in [3.05, 3.63) is 57.4 Å². The highest BCUT2D eigenvalue weighted by Crippen LogP contribution is 2.36. The minimum atomic E-state index is -0.731. The largest absolute Gasteiger partial charge is 0.507 e. The summed E-state index contributed by atoms with van der Waals surface area (Å²) >= 11 is 1.32. The number of thiazole rings is 1. The molecule has 3 heterocycles. The van der Waals surface area contributed by atoms with Gasteiger partial charge in [-0.2, -0.15) is 0 Å². The van der Waals surface area contributed by atoms with Gasteiger partial charge in [-0.15, -0.1) is 11.3 Å². The number of rotatable bonds is 5. The van der Waals surface area contributed by atoms with Gasteiger partial charge in [-0.1, -0.05) is 12.1 Å². The number of nitrogens with zero attached hydrogens (tertiary/aromatic N) is 2. The number of phenolic OH excluding ortho intramolecular Hbond substituents is 1. The minimum Gasteiger partial charge on any atom is -0.507 e. The normalized spacial score (nSPS) is 14.4. The summed E-state index contributed by atoms with van der Waals surface area (Å²) in [6, 6.07) is 9.24. The van der Waals surface area contributed by atoms with Crippen molar-refractivity contribution in [3.63, 3.8) is 0 Å². The second kappa shape index (κ2) is 8.61. The molecule has 0 saturated carbocycles. The molecule has 1 N–H and O–H groups in total. The molecule has 2 aromatic heterocycles. The van der Waals surface area contributed by atoms with Gasteiger partial charge in [0, 0.05) is 17.7 Å². The number of phenols is 1. The second-order valence-electron chi connectivity index (χ2n) is 8.21. The number of carbonyl (C=O) groups is 1. The molecular formula is C25H24N2O5S. The zero-order chi connectivity index (χ0) is 23.1. The van der Waals surface area contributed by atoms with E-state index in [2.05, 4.69) is 9.88 Å². The van der Waals surface area contributed by atoms with Crippen LogP contribution in [0.5, 0.6) is 5.75 Å². The number of hydrogen-bond acceptors (Lipinski definition) is 8. The van der Waals surface area contributed by atoms with Gasteiger partial charge in [0.25, 0.3) is 0 Å². The van der Waals surface area contributed by atoms with Crippen molar-refractivity contribution in [2.75, 3.05) is 19.7 Å². The van der Waals surface area contributed by atoms with Crippen molar-refractivity contribution in [2.45, 2.75) is 33.2 Å². The molecule has 33 heavy (non-hydrogen) atoms. The number of hydrogen-bond donors (Lipinski definition) is 1. The zero-order valence-electron chi connectivity index (χ0n) is 18.5. The topological polar surface area (TPSA) is 92.9 Å². The van der Waals surface area contributed by atoms with E-state index in [1.165, 1.54) is 11.3 Å². The summed E-state index contributed by atoms with van der Waals surface area (Å²) in [6.07, 6.45) is 2.25. The number of fused-ring (bicyclic) bond motifs is 2. The molecule has 7 nitrogen and oxygen atoms in total. The Morgan fingerprint density at radius 3 is 2.76 bits per heavy atom. The fourth-order valence-corrected chi connectivity index (χ4v) is 5.37. The molecule has 4 aromatic rings. The first-order valence-corrected chi connectivity index (χ1v) is 11.9. The van der Waals surface area contributed by atoms with Gasteiger partial charge in [-0.3, -0.25) is 9.69 Å². The van der Waals surface area contributed by atoms with Crippen molar-refractivity contribution < 1.29 is 19.1 Å². The SMILES string of the molecule is CCOC(=O)c1oc2c(C)c(O)c(CN3CCCC3)cc2c(=O)c1-c1nc2ccccc2s1. The lowest BCUT2D eigenvalue weighted by Gasteiger charge is -2.18. The Morgan fingerprint density at radius 1 is 1.27 bits per heavy atom. The smallest absolute Gasteiger partial charge is 0.375 e. The van der Waals surface area contributed by atoms with Gasteiger partial charge in [0.2, 0.25) is 11.2 Å². The number of para-hydroxylation sites is 1. The summed E-state index contributed by atoms with van der Waals surface area (Å²) in [6.45, 7) is 6.00. The molecule has 0 amide bonds. The van der Waals surface area contributed by atoms with Gasteiger partial charge < -0.3 is 14.3 Å². The van der Waals surface area contributed by atoms with Gasteiger partial charge in [0.1, 0.15) is 21.9 Å². The highest BCUT2D eigenvalue weighted by Gasteiger charge is 2.27. The predicted octanol–water partition coefficient (Wildman–Crippen LogP) is 4.86. The van der Waals surface area contributed by atoms with Gasteiger partial charge in [-0.25, -0.2) is 9.78 Å². The standard InChI is InChI=1S/C25H24N2O5S/c1-3-31-25(30)23-19(24-26-17-8-4-5-9-18(17)33-24)21(29)16-12-15(13-27-10-6-7-11-27)20(28)14(2)22(16)32-23/h4-5,8-9,12,28H,3,6-7,10-11,13H2,1-2H3. The van der Waals surface area contributed by atoms with Gasteiger partial charge in [0.05, 0.1) is 22.2 Å². The van der Waals surface area contributed by atoms with Crippen LogP contribution in [0.15, 0.2) is 39.5 Å². The monoisotopic (exact) mass is 464 g/mol. The third kappa shape index (κ3) is 3.79. The van der Waals surface area contributed by atoms with Crippen LogP contribution in [0, 0.1) is 6.92 Å². The molecule has 5 rings (SSSR count). The molecule has 0 aliphatic carbocycles. The average molecular weight is 465 g/mol. The summed E-state index contributed by atoms with van der Waals surface area (Å²) < 4.78 is 12.1. The van der Waals surface area contributed by atoms with Gasteiger partial charge in [0.15, 0.2) is 0 Å². The van der Waals surface area contributed by atoms with E-state index in [-0.39, 0.29) is 34.7 Å². The number of esters is 1. The van der Waals surface area contributed by atoms with E-state index < -0.39 is 5.97 Å². The molecule has 0 bridgehead atoms. The maximum absolute atomic E-state index is 13.8. The Balaban J connectivity index is 1.76. The van der Waals surface area contributed by atoms with Crippen LogP contribution in [-0.2, 0) is 11.3 Å². The predicted molar refractivity (Wildman–Crippen MR) is 128 cm³/mol. The molecule has 0 radical (unpaired) electrons. The van der Waals surface area contributed by atoms with E-state index in [4.69, 9.17) is 9.15 Å². The fourth-order valence-electron chi connectivity index (χ4n) is 4.37. The average Bonchev–Trinajstić information content (AvgIpc) is 3.47. The summed E-state index contributed by atoms with van der Waals surface area (Å²) in [5, 5.41) is 11.6. The summed E-state index contributed by atoms with van der Waals surface area (Å²) in [5.74, 6) is -0.839. The Bertz CT molecular complexity index is 1400. The lowest BCUT2D eigenvalue weighted by molar-refractivity contribution is 0.0492. The van der Waals surface area contributed by atoms with Crippen LogP contribution in [0.2, 0.25) is 0 Å². The summed E-state index contributed by atoms with van der Waals surface area (Å²) in [4.78, 5) is 33.4. The molecule has 8 heteroatoms. The van der Waals surface area contributed by atoms with Crippen LogP contribution in [0.25, 0.3) is 31.8 Å². The number of aromatic nitrogens is 1. The van der Waals surface area contributed by atoms with Crippen molar-refractivity contribution in [3.8, 4) is 16.3 Å². The first-order chi connectivity index (χ1) is 16.0. The lowest BCUT2D eigenvalue weighted by Crippen LogP contribution is -2.19. The van der Waals surface area contributed by atoms with Gasteiger partial charge >= 0.3 is 5.97 Å². The number of ether oxygens (including phenoxy) is 1. The van der Waals surface area contributed by atoms with Crippen LogP contribution in [-0.4, -0.2) is 40.7 Å². The lowest BCUT2D eigenvalue weighted by atomic mass is 10.0. The van der Waals surface area contributed by atoms with Crippen LogP contribution in [0.4, 0.5) is 0 Å². The molecule has 2 aromatic carbocycles. The van der Waals surface area contributed by atoms with E-state index in [1.807, 2.05) is 24.3 Å². The first kappa shape index (κ1) is 21.6. The molecule has 1 aliphatic rings. The summed E-state index contributed by atoms with van der Waals surface area (Å²) in [7, 11) is 0. The van der Waals surface area contributed by atoms with Crippen LogP contribution >= 0.6 is 11.3 Å². The van der Waals surface area contributed by atoms with Crippen molar-refractivity contribution in [1.82, 2.24) is 9.88 Å². The van der Waals surface area contributed by atoms with E-state index in [9.17, 15) is 14.7 Å². The second-order valence-corrected chi connectivity index (χ2v) is 9.24. The Hall–Kier alpha value is -3.23. The van der Waals surface area contributed by atoms with E-state index in [0.29, 0.717) is 28.1 Å². The molecule has 1 saturated heterocycles. The highest BCUT2D eigenvalue weighted by molar-refractivity contribution is 7.21. The van der Waals surface area contributed by atoms with Crippen LogP contribution in [0.3, 0.4) is 0 Å². The molecule has 0 unspecified atom stereocenters. The fraction of sp³-hybridized carbons (Fsp3) is 0.320. The molecule has 1 aliphatic heterocycles. The maximum Gasteiger partial charge on any atom is 0.375 e. The number of aromatic hydroxyl groups is 1. The van der Waals surface area contributed by atoms with E-state index in [1.54, 1.807) is 19.9 Å². The maximum atomic E-state index is 13.8. The van der Waals surface area contributed by atoms with Crippen molar-refractivity contribution in [1.29, 1.82) is 0 Å².